The molecular formula is C25H27Cl2NO3. The van der Waals surface area contributed by atoms with E-state index in [1.807, 2.05) is 18.2 Å². The van der Waals surface area contributed by atoms with Crippen molar-refractivity contribution in [1.82, 2.24) is 4.90 Å². The van der Waals surface area contributed by atoms with Gasteiger partial charge in [0.25, 0.3) is 0 Å². The zero-order valence-corrected chi connectivity index (χ0v) is 19.1. The van der Waals surface area contributed by atoms with Crippen molar-refractivity contribution >= 4 is 29.2 Å². The second-order valence-corrected chi connectivity index (χ2v) is 10.3. The summed E-state index contributed by atoms with van der Waals surface area (Å²) >= 11 is 12.8. The number of carboxylic acid groups (broad SMARTS) is 1. The van der Waals surface area contributed by atoms with Crippen molar-refractivity contribution in [2.45, 2.75) is 43.4 Å². The van der Waals surface area contributed by atoms with Crippen LogP contribution >= 0.6 is 23.2 Å². The van der Waals surface area contributed by atoms with Gasteiger partial charge in [0.15, 0.2) is 0 Å². The first kappa shape index (κ1) is 21.1. The second kappa shape index (κ2) is 7.99. The molecule has 0 amide bonds. The Morgan fingerprint density at radius 3 is 2.58 bits per heavy atom. The summed E-state index contributed by atoms with van der Waals surface area (Å²) in [6.07, 6.45) is 3.07. The Kier molecular flexibility index (Phi) is 5.44. The normalized spacial score (nSPS) is 25.1. The lowest BCUT2D eigenvalue weighted by Crippen LogP contribution is -2.45. The van der Waals surface area contributed by atoms with Crippen LogP contribution < -0.4 is 4.74 Å². The molecule has 3 unspecified atom stereocenters. The standard InChI is InChI=1S/C25H27Cl2NO3/c1-15(24(29)30)13-28-9-7-25(8-10-28)14-31-22-11-16(5-6-19(22)25)17-12-18(17)23-20(26)3-2-4-21(23)27/h2-6,11,15,17-18H,7-10,12-14H2,1H3,(H,29,30). The number of aliphatic carboxylic acids is 1. The van der Waals surface area contributed by atoms with Crippen LogP contribution in [0.25, 0.3) is 0 Å². The third-order valence-corrected chi connectivity index (χ3v) is 8.10. The van der Waals surface area contributed by atoms with E-state index in [2.05, 4.69) is 23.1 Å². The first-order valence-corrected chi connectivity index (χ1v) is 11.8. The Balaban J connectivity index is 1.29. The summed E-state index contributed by atoms with van der Waals surface area (Å²) in [5, 5.41) is 10.7. The van der Waals surface area contributed by atoms with Crippen molar-refractivity contribution in [3.8, 4) is 5.75 Å². The van der Waals surface area contributed by atoms with Crippen LogP contribution in [0, 0.1) is 5.92 Å². The molecule has 164 valence electrons. The van der Waals surface area contributed by atoms with Gasteiger partial charge >= 0.3 is 5.97 Å². The van der Waals surface area contributed by atoms with Gasteiger partial charge in [0.1, 0.15) is 5.75 Å². The van der Waals surface area contributed by atoms with Crippen LogP contribution in [0.4, 0.5) is 0 Å². The highest BCUT2D eigenvalue weighted by Crippen LogP contribution is 2.59. The fourth-order valence-electron chi connectivity index (χ4n) is 5.41. The number of halogens is 2. The molecule has 3 aliphatic rings. The van der Waals surface area contributed by atoms with Crippen molar-refractivity contribution in [3.05, 3.63) is 63.1 Å². The van der Waals surface area contributed by atoms with E-state index in [0.717, 1.165) is 60.3 Å². The molecule has 2 fully saturated rings. The Bertz CT molecular complexity index is 996. The van der Waals surface area contributed by atoms with Crippen LogP contribution in [0.1, 0.15) is 54.7 Å². The van der Waals surface area contributed by atoms with Crippen LogP contribution in [-0.2, 0) is 10.2 Å². The van der Waals surface area contributed by atoms with E-state index in [1.54, 1.807) is 6.92 Å². The molecule has 0 radical (unpaired) electrons. The number of carboxylic acids is 1. The fraction of sp³-hybridized carbons (Fsp3) is 0.480. The Hall–Kier alpha value is -1.75. The minimum absolute atomic E-state index is 0.0613. The lowest BCUT2D eigenvalue weighted by molar-refractivity contribution is -0.141. The number of nitrogens with zero attached hydrogens (tertiary/aromatic N) is 1. The van der Waals surface area contributed by atoms with Crippen molar-refractivity contribution in [3.63, 3.8) is 0 Å². The van der Waals surface area contributed by atoms with Gasteiger partial charge < -0.3 is 14.7 Å². The average Bonchev–Trinajstić information content (AvgIpc) is 3.46. The third-order valence-electron chi connectivity index (χ3n) is 7.44. The van der Waals surface area contributed by atoms with Gasteiger partial charge in [-0.15, -0.1) is 0 Å². The van der Waals surface area contributed by atoms with E-state index in [1.165, 1.54) is 11.1 Å². The van der Waals surface area contributed by atoms with E-state index in [4.69, 9.17) is 27.9 Å². The van der Waals surface area contributed by atoms with Crippen LogP contribution in [0.3, 0.4) is 0 Å². The van der Waals surface area contributed by atoms with Gasteiger partial charge in [-0.3, -0.25) is 4.79 Å². The number of fused-ring (bicyclic) bond motifs is 2. The highest BCUT2D eigenvalue weighted by Gasteiger charge is 2.46. The van der Waals surface area contributed by atoms with E-state index in [-0.39, 0.29) is 11.3 Å². The molecule has 0 bridgehead atoms. The second-order valence-electron chi connectivity index (χ2n) is 9.45. The number of likely N-dealkylation sites (tertiary alicyclic amines) is 1. The molecule has 2 heterocycles. The molecule has 1 spiro atoms. The summed E-state index contributed by atoms with van der Waals surface area (Å²) in [4.78, 5) is 13.4. The van der Waals surface area contributed by atoms with Crippen LogP contribution in [-0.4, -0.2) is 42.2 Å². The number of ether oxygens (including phenoxy) is 1. The van der Waals surface area contributed by atoms with Gasteiger partial charge in [-0.25, -0.2) is 0 Å². The predicted molar refractivity (Wildman–Crippen MR) is 123 cm³/mol. The minimum atomic E-state index is -0.723. The fourth-order valence-corrected chi connectivity index (χ4v) is 6.09. The molecule has 3 atom stereocenters. The SMILES string of the molecule is CC(CN1CCC2(CC1)COc1cc(C3CC3c3c(Cl)cccc3Cl)ccc12)C(=O)O. The molecule has 2 aromatic rings. The van der Waals surface area contributed by atoms with Crippen LogP contribution in [0.2, 0.25) is 10.0 Å². The van der Waals surface area contributed by atoms with Crippen molar-refractivity contribution in [1.29, 1.82) is 0 Å². The Labute approximate surface area is 193 Å². The molecule has 0 aromatic heterocycles. The van der Waals surface area contributed by atoms with Crippen molar-refractivity contribution < 1.29 is 14.6 Å². The smallest absolute Gasteiger partial charge is 0.307 e. The monoisotopic (exact) mass is 459 g/mol. The molecule has 4 nitrogen and oxygen atoms in total. The van der Waals surface area contributed by atoms with Crippen LogP contribution in [0.5, 0.6) is 5.75 Å². The zero-order chi connectivity index (χ0) is 21.8. The summed E-state index contributed by atoms with van der Waals surface area (Å²) in [6.45, 7) is 4.95. The third kappa shape index (κ3) is 3.83. The first-order valence-electron chi connectivity index (χ1n) is 11.0. The molecule has 6 heteroatoms. The minimum Gasteiger partial charge on any atom is -0.492 e. The van der Waals surface area contributed by atoms with Gasteiger partial charge in [-0.2, -0.15) is 0 Å². The van der Waals surface area contributed by atoms with Gasteiger partial charge in [0, 0.05) is 27.6 Å². The molecule has 5 rings (SSSR count). The quantitative estimate of drug-likeness (QED) is 0.621. The molecule has 31 heavy (non-hydrogen) atoms. The first-order chi connectivity index (χ1) is 14.9. The van der Waals surface area contributed by atoms with Crippen molar-refractivity contribution in [2.24, 2.45) is 5.92 Å². The summed E-state index contributed by atoms with van der Waals surface area (Å²) in [5.74, 6) is 0.762. The molecule has 2 aliphatic heterocycles. The van der Waals surface area contributed by atoms with E-state index in [9.17, 15) is 9.90 Å². The van der Waals surface area contributed by atoms with Gasteiger partial charge in [-0.1, -0.05) is 48.3 Å². The summed E-state index contributed by atoms with van der Waals surface area (Å²) in [7, 11) is 0. The molecule has 1 saturated heterocycles. The van der Waals surface area contributed by atoms with Gasteiger partial charge in [0.2, 0.25) is 0 Å². The van der Waals surface area contributed by atoms with Gasteiger partial charge in [0.05, 0.1) is 12.5 Å². The summed E-state index contributed by atoms with van der Waals surface area (Å²) < 4.78 is 6.19. The van der Waals surface area contributed by atoms with Crippen molar-refractivity contribution in [2.75, 3.05) is 26.2 Å². The molecular weight excluding hydrogens is 433 g/mol. The molecule has 2 aromatic carbocycles. The molecule has 1 aliphatic carbocycles. The topological polar surface area (TPSA) is 49.8 Å². The lowest BCUT2D eigenvalue weighted by atomic mass is 9.74. The van der Waals surface area contributed by atoms with E-state index in [0.29, 0.717) is 18.4 Å². The molecule has 1 N–H and O–H groups in total. The lowest BCUT2D eigenvalue weighted by Gasteiger charge is -2.39. The maximum absolute atomic E-state index is 11.2. The Morgan fingerprint density at radius 1 is 1.19 bits per heavy atom. The maximum atomic E-state index is 11.2. The van der Waals surface area contributed by atoms with E-state index >= 15 is 0 Å². The number of hydrogen-bond acceptors (Lipinski definition) is 3. The van der Waals surface area contributed by atoms with E-state index < -0.39 is 5.97 Å². The predicted octanol–water partition coefficient (Wildman–Crippen LogP) is 5.71. The molecule has 1 saturated carbocycles. The number of piperidine rings is 1. The van der Waals surface area contributed by atoms with Gasteiger partial charge in [-0.05, 0) is 73.5 Å². The number of carbonyl (C=O) groups is 1. The number of hydrogen-bond donors (Lipinski definition) is 1. The number of benzene rings is 2. The summed E-state index contributed by atoms with van der Waals surface area (Å²) in [6, 6.07) is 12.5. The largest absolute Gasteiger partial charge is 0.492 e. The maximum Gasteiger partial charge on any atom is 0.307 e. The highest BCUT2D eigenvalue weighted by atomic mass is 35.5. The average molecular weight is 460 g/mol. The summed E-state index contributed by atoms with van der Waals surface area (Å²) in [5.41, 5.74) is 3.74. The highest BCUT2D eigenvalue weighted by molar-refractivity contribution is 6.36. The number of rotatable bonds is 5. The Morgan fingerprint density at radius 2 is 1.90 bits per heavy atom. The van der Waals surface area contributed by atoms with Crippen LogP contribution in [0.15, 0.2) is 36.4 Å². The zero-order valence-electron chi connectivity index (χ0n) is 17.6.